The minimum absolute atomic E-state index is 0.277. The second-order valence-corrected chi connectivity index (χ2v) is 10.6. The molecule has 0 spiro atoms. The van der Waals surface area contributed by atoms with Crippen LogP contribution in [0.4, 0.5) is 5.00 Å². The molecule has 1 aliphatic rings. The Morgan fingerprint density at radius 1 is 1.09 bits per heavy atom. The smallest absolute Gasteiger partial charge is 0.341 e. The molecule has 3 heterocycles. The molecule has 0 aliphatic carbocycles. The van der Waals surface area contributed by atoms with E-state index < -0.39 is 5.97 Å². The zero-order valence-corrected chi connectivity index (χ0v) is 21.0. The summed E-state index contributed by atoms with van der Waals surface area (Å²) in [6, 6.07) is 18.0. The van der Waals surface area contributed by atoms with Crippen molar-refractivity contribution in [1.82, 2.24) is 4.90 Å². The molecule has 1 amide bonds. The minimum Gasteiger partial charge on any atom is -0.462 e. The summed E-state index contributed by atoms with van der Waals surface area (Å²) in [6.07, 6.45) is 0.729. The van der Waals surface area contributed by atoms with Crippen LogP contribution in [0.1, 0.15) is 43.0 Å². The standard InChI is InChI=1S/C26H23ClN2O3S2/c1-2-32-26(31)21-17-12-13-29(14-16-8-4-3-5-9-16)15-20(17)34-25(21)28-24(30)23-22(27)18-10-6-7-11-19(18)33-23/h3-11H,2,12-15H2,1H3,(H,28,30). The van der Waals surface area contributed by atoms with Gasteiger partial charge in [-0.3, -0.25) is 9.69 Å². The first-order valence-electron chi connectivity index (χ1n) is 11.1. The zero-order valence-electron chi connectivity index (χ0n) is 18.6. The van der Waals surface area contributed by atoms with E-state index in [4.69, 9.17) is 16.3 Å². The Balaban J connectivity index is 1.44. The summed E-state index contributed by atoms with van der Waals surface area (Å²) in [6.45, 7) is 4.46. The number of halogens is 1. The van der Waals surface area contributed by atoms with E-state index in [0.717, 1.165) is 46.6 Å². The van der Waals surface area contributed by atoms with E-state index in [1.165, 1.54) is 28.2 Å². The third-order valence-electron chi connectivity index (χ3n) is 5.83. The third kappa shape index (κ3) is 4.49. The molecule has 2 aromatic heterocycles. The largest absolute Gasteiger partial charge is 0.462 e. The van der Waals surface area contributed by atoms with Gasteiger partial charge in [0.1, 0.15) is 9.88 Å². The fourth-order valence-electron chi connectivity index (χ4n) is 4.26. The Morgan fingerprint density at radius 3 is 2.62 bits per heavy atom. The molecule has 8 heteroatoms. The Labute approximate surface area is 210 Å². The van der Waals surface area contributed by atoms with E-state index >= 15 is 0 Å². The van der Waals surface area contributed by atoms with E-state index in [1.54, 1.807) is 6.92 Å². The fraction of sp³-hybridized carbons (Fsp3) is 0.231. The average Bonchev–Trinajstić information content (AvgIpc) is 3.37. The fourth-order valence-corrected chi connectivity index (χ4v) is 6.95. The number of thiophene rings is 2. The summed E-state index contributed by atoms with van der Waals surface area (Å²) in [7, 11) is 0. The van der Waals surface area contributed by atoms with E-state index in [9.17, 15) is 9.59 Å². The van der Waals surface area contributed by atoms with Crippen LogP contribution in [0.3, 0.4) is 0 Å². The Morgan fingerprint density at radius 2 is 1.85 bits per heavy atom. The SMILES string of the molecule is CCOC(=O)c1c(NC(=O)c2sc3ccccc3c2Cl)sc2c1CCN(Cc1ccccc1)C2. The van der Waals surface area contributed by atoms with Crippen molar-refractivity contribution in [3.63, 3.8) is 0 Å². The van der Waals surface area contributed by atoms with Gasteiger partial charge in [0.05, 0.1) is 17.2 Å². The van der Waals surface area contributed by atoms with E-state index in [0.29, 0.717) is 20.5 Å². The molecule has 4 aromatic rings. The molecule has 0 bridgehead atoms. The number of hydrogen-bond acceptors (Lipinski definition) is 6. The number of carbonyl (C=O) groups is 2. The van der Waals surface area contributed by atoms with Crippen molar-refractivity contribution >= 4 is 61.2 Å². The van der Waals surface area contributed by atoms with Crippen molar-refractivity contribution < 1.29 is 14.3 Å². The highest BCUT2D eigenvalue weighted by molar-refractivity contribution is 7.22. The molecule has 0 fully saturated rings. The van der Waals surface area contributed by atoms with Crippen LogP contribution < -0.4 is 5.32 Å². The molecule has 1 aliphatic heterocycles. The molecular weight excluding hydrogens is 488 g/mol. The monoisotopic (exact) mass is 510 g/mol. The van der Waals surface area contributed by atoms with Crippen molar-refractivity contribution in [3.8, 4) is 0 Å². The van der Waals surface area contributed by atoms with Gasteiger partial charge in [-0.1, -0.05) is 60.1 Å². The lowest BCUT2D eigenvalue weighted by atomic mass is 10.0. The zero-order chi connectivity index (χ0) is 23.7. The molecule has 2 aromatic carbocycles. The molecule has 0 unspecified atom stereocenters. The van der Waals surface area contributed by atoms with Gasteiger partial charge in [0.2, 0.25) is 0 Å². The summed E-state index contributed by atoms with van der Waals surface area (Å²) in [5.74, 6) is -0.703. The van der Waals surface area contributed by atoms with Gasteiger partial charge in [-0.15, -0.1) is 22.7 Å². The molecule has 0 saturated carbocycles. The number of nitrogens with one attached hydrogen (secondary N) is 1. The number of carbonyl (C=O) groups excluding carboxylic acids is 2. The third-order valence-corrected chi connectivity index (χ3v) is 8.64. The Kier molecular flexibility index (Phi) is 6.70. The van der Waals surface area contributed by atoms with Crippen LogP contribution in [0, 0.1) is 0 Å². The lowest BCUT2D eigenvalue weighted by Gasteiger charge is -2.27. The van der Waals surface area contributed by atoms with E-state index in [-0.39, 0.29) is 12.5 Å². The van der Waals surface area contributed by atoms with Gasteiger partial charge in [0.25, 0.3) is 5.91 Å². The summed E-state index contributed by atoms with van der Waals surface area (Å²) in [5.41, 5.74) is 2.71. The second-order valence-electron chi connectivity index (χ2n) is 8.07. The summed E-state index contributed by atoms with van der Waals surface area (Å²) >= 11 is 9.32. The number of nitrogens with zero attached hydrogens (tertiary/aromatic N) is 1. The summed E-state index contributed by atoms with van der Waals surface area (Å²) in [5, 5.41) is 4.80. The molecule has 0 atom stereocenters. The maximum atomic E-state index is 13.2. The van der Waals surface area contributed by atoms with Crippen LogP contribution in [0.2, 0.25) is 5.02 Å². The predicted octanol–water partition coefficient (Wildman–Crippen LogP) is 6.60. The number of anilines is 1. The van der Waals surface area contributed by atoms with Gasteiger partial charge >= 0.3 is 5.97 Å². The van der Waals surface area contributed by atoms with Crippen LogP contribution in [0.15, 0.2) is 54.6 Å². The molecule has 5 rings (SSSR count). The van der Waals surface area contributed by atoms with Crippen LogP contribution in [0.5, 0.6) is 0 Å². The number of hydrogen-bond donors (Lipinski definition) is 1. The first kappa shape index (κ1) is 23.1. The first-order valence-corrected chi connectivity index (χ1v) is 13.1. The molecule has 5 nitrogen and oxygen atoms in total. The maximum absolute atomic E-state index is 13.2. The molecule has 34 heavy (non-hydrogen) atoms. The Bertz CT molecular complexity index is 1360. The molecule has 174 valence electrons. The number of amides is 1. The van der Waals surface area contributed by atoms with Crippen molar-refractivity contribution in [3.05, 3.63) is 86.1 Å². The van der Waals surface area contributed by atoms with Crippen molar-refractivity contribution in [2.75, 3.05) is 18.5 Å². The number of esters is 1. The van der Waals surface area contributed by atoms with Gasteiger partial charge < -0.3 is 10.1 Å². The Hall–Kier alpha value is -2.71. The van der Waals surface area contributed by atoms with Gasteiger partial charge in [0.15, 0.2) is 0 Å². The summed E-state index contributed by atoms with van der Waals surface area (Å²) < 4.78 is 6.30. The normalized spacial score (nSPS) is 13.6. The van der Waals surface area contributed by atoms with Crippen LogP contribution in [-0.2, 0) is 24.2 Å². The highest BCUT2D eigenvalue weighted by atomic mass is 35.5. The minimum atomic E-state index is -0.394. The maximum Gasteiger partial charge on any atom is 0.341 e. The van der Waals surface area contributed by atoms with Crippen LogP contribution in [-0.4, -0.2) is 29.9 Å². The van der Waals surface area contributed by atoms with Crippen LogP contribution in [0.25, 0.3) is 10.1 Å². The number of ether oxygens (including phenoxy) is 1. The molecular formula is C26H23ClN2O3S2. The highest BCUT2D eigenvalue weighted by Gasteiger charge is 2.30. The van der Waals surface area contributed by atoms with Gasteiger partial charge in [-0.25, -0.2) is 4.79 Å². The number of fused-ring (bicyclic) bond motifs is 2. The molecule has 1 N–H and O–H groups in total. The summed E-state index contributed by atoms with van der Waals surface area (Å²) in [4.78, 5) is 30.0. The van der Waals surface area contributed by atoms with Gasteiger partial charge in [0, 0.05) is 34.6 Å². The van der Waals surface area contributed by atoms with Crippen molar-refractivity contribution in [2.24, 2.45) is 0 Å². The van der Waals surface area contributed by atoms with Gasteiger partial charge in [-0.2, -0.15) is 0 Å². The van der Waals surface area contributed by atoms with Crippen molar-refractivity contribution in [1.29, 1.82) is 0 Å². The topological polar surface area (TPSA) is 58.6 Å². The average molecular weight is 511 g/mol. The van der Waals surface area contributed by atoms with Gasteiger partial charge in [-0.05, 0) is 30.5 Å². The predicted molar refractivity (Wildman–Crippen MR) is 139 cm³/mol. The number of rotatable bonds is 6. The lowest BCUT2D eigenvalue weighted by molar-refractivity contribution is 0.0526. The second kappa shape index (κ2) is 9.88. The molecule has 0 radical (unpaired) electrons. The highest BCUT2D eigenvalue weighted by Crippen LogP contribution is 2.40. The van der Waals surface area contributed by atoms with E-state index in [2.05, 4.69) is 22.3 Å². The van der Waals surface area contributed by atoms with Crippen molar-refractivity contribution in [2.45, 2.75) is 26.4 Å². The first-order chi connectivity index (χ1) is 16.5. The number of benzene rings is 2. The van der Waals surface area contributed by atoms with E-state index in [1.807, 2.05) is 42.5 Å². The molecule has 0 saturated heterocycles. The lowest BCUT2D eigenvalue weighted by Crippen LogP contribution is -2.29. The van der Waals surface area contributed by atoms with Crippen LogP contribution >= 0.6 is 34.3 Å². The quantitative estimate of drug-likeness (QED) is 0.297.